The summed E-state index contributed by atoms with van der Waals surface area (Å²) < 4.78 is 0. The maximum Gasteiger partial charge on any atom is 0.316 e. The minimum absolute atomic E-state index is 0. The van der Waals surface area contributed by atoms with Crippen molar-refractivity contribution in [3.05, 3.63) is 29.8 Å². The van der Waals surface area contributed by atoms with Crippen LogP contribution in [0.5, 0.6) is 0 Å². The highest BCUT2D eigenvalue weighted by Gasteiger charge is 2.13. The van der Waals surface area contributed by atoms with Gasteiger partial charge in [0.05, 0.1) is 0 Å². The highest BCUT2D eigenvalue weighted by Crippen LogP contribution is 2.14. The third-order valence-electron chi connectivity index (χ3n) is 2.58. The van der Waals surface area contributed by atoms with Gasteiger partial charge in [0, 0.05) is 15.1 Å². The second-order valence-corrected chi connectivity index (χ2v) is 3.82. The van der Waals surface area contributed by atoms with Gasteiger partial charge in [-0.1, -0.05) is 12.1 Å². The molecule has 1 aliphatic heterocycles. The first-order valence-corrected chi connectivity index (χ1v) is 5.12. The molecule has 2 amide bonds. The molecule has 1 aromatic rings. The van der Waals surface area contributed by atoms with Gasteiger partial charge in [0.1, 0.15) is 0 Å². The summed E-state index contributed by atoms with van der Waals surface area (Å²) in [6.07, 6.45) is 1.31. The van der Waals surface area contributed by atoms with E-state index in [1.807, 2.05) is 24.3 Å². The molecule has 0 saturated carbocycles. The Kier molecular flexibility index (Phi) is 2.87. The van der Waals surface area contributed by atoms with Crippen molar-refractivity contribution in [2.75, 3.05) is 18.4 Å². The van der Waals surface area contributed by atoms with Gasteiger partial charge in [-0.05, 0) is 37.2 Å². The molecule has 1 saturated heterocycles. The van der Waals surface area contributed by atoms with E-state index >= 15 is 0 Å². The predicted octanol–water partition coefficient (Wildman–Crippen LogP) is 1.87. The van der Waals surface area contributed by atoms with Crippen LogP contribution in [0, 0.1) is 0 Å². The third-order valence-corrected chi connectivity index (χ3v) is 2.58. The molecule has 0 bridgehead atoms. The van der Waals surface area contributed by atoms with Crippen LogP contribution in [0.15, 0.2) is 24.3 Å². The molecular formula is C11H19N3O. The Hall–Kier alpha value is -1.55. The number of primary amides is 1. The zero-order valence-corrected chi connectivity index (χ0v) is 8.57. The first-order chi connectivity index (χ1) is 7.24. The Morgan fingerprint density at radius 2 is 2.07 bits per heavy atom. The van der Waals surface area contributed by atoms with E-state index in [1.54, 1.807) is 0 Å². The average molecular weight is 209 g/mol. The normalized spacial score (nSPS) is 15.7. The topological polar surface area (TPSA) is 58.4 Å². The number of carbonyl (C=O) groups is 1. The molecule has 0 aliphatic carbocycles. The van der Waals surface area contributed by atoms with Crippen molar-refractivity contribution in [1.82, 2.24) is 4.90 Å². The minimum Gasteiger partial charge on any atom is -0.351 e. The van der Waals surface area contributed by atoms with Crippen LogP contribution in [0.4, 0.5) is 10.5 Å². The number of rotatable bonds is 3. The number of nitrogens with one attached hydrogen (secondary N) is 1. The number of amides is 2. The number of urea groups is 1. The maximum absolute atomic E-state index is 10.6. The molecule has 15 heavy (non-hydrogen) atoms. The molecule has 4 heteroatoms. The van der Waals surface area contributed by atoms with Gasteiger partial charge < -0.3 is 11.1 Å². The van der Waals surface area contributed by atoms with E-state index in [9.17, 15) is 4.79 Å². The van der Waals surface area contributed by atoms with Crippen LogP contribution in [-0.2, 0) is 6.54 Å². The van der Waals surface area contributed by atoms with E-state index in [-0.39, 0.29) is 2.85 Å². The molecule has 84 valence electrons. The SMILES string of the molecule is NC(=O)Nc1ccc(CN2CCC2)cc1.[HH].[HH]. The fraction of sp³-hybridized carbons (Fsp3) is 0.364. The summed E-state index contributed by atoms with van der Waals surface area (Å²) in [7, 11) is 0. The number of nitrogens with two attached hydrogens (primary N) is 1. The van der Waals surface area contributed by atoms with Crippen LogP contribution in [0.1, 0.15) is 14.8 Å². The zero-order valence-electron chi connectivity index (χ0n) is 8.57. The lowest BCUT2D eigenvalue weighted by molar-refractivity contribution is 0.172. The van der Waals surface area contributed by atoms with E-state index < -0.39 is 6.03 Å². The van der Waals surface area contributed by atoms with Gasteiger partial charge in [0.2, 0.25) is 0 Å². The van der Waals surface area contributed by atoms with Crippen LogP contribution in [0.2, 0.25) is 0 Å². The largest absolute Gasteiger partial charge is 0.351 e. The van der Waals surface area contributed by atoms with Gasteiger partial charge in [-0.15, -0.1) is 0 Å². The van der Waals surface area contributed by atoms with Crippen molar-refractivity contribution >= 4 is 11.7 Å². The van der Waals surface area contributed by atoms with Crippen LogP contribution >= 0.6 is 0 Å². The van der Waals surface area contributed by atoms with Gasteiger partial charge >= 0.3 is 6.03 Å². The van der Waals surface area contributed by atoms with Crippen molar-refractivity contribution in [2.24, 2.45) is 5.73 Å². The fourth-order valence-electron chi connectivity index (χ4n) is 1.63. The maximum atomic E-state index is 10.6. The number of anilines is 1. The standard InChI is InChI=1S/C11H15N3O.2H2/c12-11(15)13-10-4-2-9(3-5-10)8-14-6-1-7-14;;/h2-5H,1,6-8H2,(H3,12,13,15);2*1H. The molecule has 1 heterocycles. The number of hydrogen-bond acceptors (Lipinski definition) is 2. The lowest BCUT2D eigenvalue weighted by Gasteiger charge is -2.30. The number of likely N-dealkylation sites (tertiary alicyclic amines) is 1. The summed E-state index contributed by atoms with van der Waals surface area (Å²) >= 11 is 0. The van der Waals surface area contributed by atoms with E-state index in [4.69, 9.17) is 5.73 Å². The number of benzene rings is 1. The monoisotopic (exact) mass is 209 g/mol. The second kappa shape index (κ2) is 4.31. The summed E-state index contributed by atoms with van der Waals surface area (Å²) in [5.41, 5.74) is 7.03. The molecular weight excluding hydrogens is 190 g/mol. The molecule has 1 aliphatic rings. The molecule has 1 aromatic carbocycles. The van der Waals surface area contributed by atoms with Crippen molar-refractivity contribution in [2.45, 2.75) is 13.0 Å². The first-order valence-electron chi connectivity index (χ1n) is 5.12. The summed E-state index contributed by atoms with van der Waals surface area (Å²) in [6.45, 7) is 3.39. The van der Waals surface area contributed by atoms with Crippen molar-refractivity contribution < 1.29 is 7.65 Å². The number of nitrogens with zero attached hydrogens (tertiary/aromatic N) is 1. The van der Waals surface area contributed by atoms with Crippen LogP contribution in [0.3, 0.4) is 0 Å². The lowest BCUT2D eigenvalue weighted by Crippen LogP contribution is -2.36. The minimum atomic E-state index is -0.523. The fourth-order valence-corrected chi connectivity index (χ4v) is 1.63. The molecule has 0 atom stereocenters. The third kappa shape index (κ3) is 2.70. The highest BCUT2D eigenvalue weighted by molar-refractivity contribution is 5.87. The predicted molar refractivity (Wildman–Crippen MR) is 63.8 cm³/mol. The molecule has 0 unspecified atom stereocenters. The molecule has 0 radical (unpaired) electrons. The van der Waals surface area contributed by atoms with E-state index in [1.165, 1.54) is 25.1 Å². The number of carbonyl (C=O) groups excluding carboxylic acids is 1. The summed E-state index contributed by atoms with van der Waals surface area (Å²) in [5, 5.41) is 2.54. The van der Waals surface area contributed by atoms with Crippen molar-refractivity contribution in [3.63, 3.8) is 0 Å². The summed E-state index contributed by atoms with van der Waals surface area (Å²) in [6, 6.07) is 7.26. The quantitative estimate of drug-likeness (QED) is 0.798. The average Bonchev–Trinajstić information content (AvgIpc) is 2.13. The summed E-state index contributed by atoms with van der Waals surface area (Å²) in [4.78, 5) is 13.0. The van der Waals surface area contributed by atoms with Crippen LogP contribution in [-0.4, -0.2) is 24.0 Å². The molecule has 3 N–H and O–H groups in total. The molecule has 4 nitrogen and oxygen atoms in total. The van der Waals surface area contributed by atoms with Gasteiger partial charge in [-0.25, -0.2) is 4.79 Å². The Labute approximate surface area is 92.0 Å². The van der Waals surface area contributed by atoms with E-state index in [0.29, 0.717) is 0 Å². The summed E-state index contributed by atoms with van der Waals surface area (Å²) in [5.74, 6) is 0. The second-order valence-electron chi connectivity index (χ2n) is 3.82. The first kappa shape index (κ1) is 9.98. The van der Waals surface area contributed by atoms with E-state index in [0.717, 1.165) is 12.2 Å². The number of hydrogen-bond donors (Lipinski definition) is 2. The molecule has 2 rings (SSSR count). The zero-order chi connectivity index (χ0) is 10.7. The molecule has 0 spiro atoms. The molecule has 1 fully saturated rings. The smallest absolute Gasteiger partial charge is 0.316 e. The van der Waals surface area contributed by atoms with Gasteiger partial charge in [-0.2, -0.15) is 0 Å². The Morgan fingerprint density at radius 1 is 1.40 bits per heavy atom. The van der Waals surface area contributed by atoms with Gasteiger partial charge in [0.25, 0.3) is 0 Å². The highest BCUT2D eigenvalue weighted by atomic mass is 16.2. The lowest BCUT2D eigenvalue weighted by atomic mass is 10.1. The van der Waals surface area contributed by atoms with Crippen molar-refractivity contribution in [1.29, 1.82) is 0 Å². The van der Waals surface area contributed by atoms with Gasteiger partial charge in [-0.3, -0.25) is 4.90 Å². The van der Waals surface area contributed by atoms with Crippen LogP contribution in [0.25, 0.3) is 0 Å². The van der Waals surface area contributed by atoms with E-state index in [2.05, 4.69) is 10.2 Å². The van der Waals surface area contributed by atoms with Crippen molar-refractivity contribution in [3.8, 4) is 0 Å². The van der Waals surface area contributed by atoms with Crippen LogP contribution < -0.4 is 11.1 Å². The van der Waals surface area contributed by atoms with Gasteiger partial charge in [0.15, 0.2) is 0 Å². The Morgan fingerprint density at radius 3 is 2.53 bits per heavy atom. The Balaban J connectivity index is 0.00000128. The molecule has 0 aromatic heterocycles. The Bertz CT molecular complexity index is 352.